The van der Waals surface area contributed by atoms with Crippen molar-refractivity contribution >= 4 is 0 Å². The highest BCUT2D eigenvalue weighted by atomic mass is 16.6. The van der Waals surface area contributed by atoms with Crippen molar-refractivity contribution in [3.63, 3.8) is 0 Å². The highest BCUT2D eigenvalue weighted by Gasteiger charge is 2.24. The maximum Gasteiger partial charge on any atom is 0.0834 e. The third kappa shape index (κ3) is 3.13. The summed E-state index contributed by atoms with van der Waals surface area (Å²) >= 11 is 0. The molecule has 0 N–H and O–H groups in total. The molecule has 1 saturated heterocycles. The smallest absolute Gasteiger partial charge is 0.0834 e. The van der Waals surface area contributed by atoms with Crippen LogP contribution in [0.15, 0.2) is 30.3 Å². The maximum atomic E-state index is 5.70. The van der Waals surface area contributed by atoms with Gasteiger partial charge in [0.1, 0.15) is 0 Å². The second-order valence-electron chi connectivity index (χ2n) is 3.80. The summed E-state index contributed by atoms with van der Waals surface area (Å²) in [6.45, 7) is 3.72. The summed E-state index contributed by atoms with van der Waals surface area (Å²) in [5.74, 6) is 0. The van der Waals surface area contributed by atoms with Crippen LogP contribution in [-0.2, 0) is 16.1 Å². The highest BCUT2D eigenvalue weighted by Crippen LogP contribution is 2.17. The van der Waals surface area contributed by atoms with Crippen molar-refractivity contribution in [3.8, 4) is 0 Å². The van der Waals surface area contributed by atoms with Gasteiger partial charge >= 0.3 is 0 Å². The number of rotatable bonds is 5. The minimum atomic E-state index is 0.294. The van der Waals surface area contributed by atoms with E-state index in [4.69, 9.17) is 9.47 Å². The van der Waals surface area contributed by atoms with Crippen LogP contribution < -0.4 is 0 Å². The highest BCUT2D eigenvalue weighted by molar-refractivity contribution is 5.13. The van der Waals surface area contributed by atoms with E-state index in [-0.39, 0.29) is 0 Å². The van der Waals surface area contributed by atoms with Crippen LogP contribution in [0.2, 0.25) is 0 Å². The van der Waals surface area contributed by atoms with Gasteiger partial charge in [0.15, 0.2) is 0 Å². The number of epoxide rings is 1. The van der Waals surface area contributed by atoms with Gasteiger partial charge in [-0.25, -0.2) is 0 Å². The quantitative estimate of drug-likeness (QED) is 0.668. The predicted molar refractivity (Wildman–Crippen MR) is 55.1 cm³/mol. The van der Waals surface area contributed by atoms with E-state index in [1.54, 1.807) is 0 Å². The lowest BCUT2D eigenvalue weighted by Gasteiger charge is -2.11. The molecule has 2 atom stereocenters. The molecule has 0 spiro atoms. The van der Waals surface area contributed by atoms with E-state index in [9.17, 15) is 0 Å². The molecule has 0 aliphatic carbocycles. The Morgan fingerprint density at radius 2 is 2.14 bits per heavy atom. The van der Waals surface area contributed by atoms with E-state index in [2.05, 4.69) is 19.1 Å². The van der Waals surface area contributed by atoms with Crippen molar-refractivity contribution < 1.29 is 9.47 Å². The van der Waals surface area contributed by atoms with Gasteiger partial charge in [-0.1, -0.05) is 30.3 Å². The molecule has 2 nitrogen and oxygen atoms in total. The molecular weight excluding hydrogens is 176 g/mol. The summed E-state index contributed by atoms with van der Waals surface area (Å²) in [5, 5.41) is 0. The second kappa shape index (κ2) is 4.58. The van der Waals surface area contributed by atoms with Gasteiger partial charge in [0.2, 0.25) is 0 Å². The molecular formula is C12H16O2. The monoisotopic (exact) mass is 192 g/mol. The van der Waals surface area contributed by atoms with E-state index in [0.717, 1.165) is 13.0 Å². The molecule has 0 aromatic heterocycles. The van der Waals surface area contributed by atoms with Crippen LogP contribution in [0.25, 0.3) is 0 Å². The fraction of sp³-hybridized carbons (Fsp3) is 0.500. The van der Waals surface area contributed by atoms with Gasteiger partial charge in [-0.2, -0.15) is 0 Å². The van der Waals surface area contributed by atoms with Crippen molar-refractivity contribution in [1.82, 2.24) is 0 Å². The number of hydrogen-bond donors (Lipinski definition) is 0. The average Bonchev–Trinajstić information content (AvgIpc) is 3.00. The standard InChI is InChI=1S/C12H16O2/c1-10(7-12-9-14-12)13-8-11-5-3-2-4-6-11/h2-6,10,12H,7-9H2,1H3/t10-,12+/m0/s1. The molecule has 1 aromatic carbocycles. The molecule has 1 aliphatic heterocycles. The zero-order valence-corrected chi connectivity index (χ0v) is 8.48. The fourth-order valence-electron chi connectivity index (χ4n) is 1.46. The molecule has 0 amide bonds. The molecule has 2 heteroatoms. The molecule has 0 saturated carbocycles. The van der Waals surface area contributed by atoms with Gasteiger partial charge in [0.05, 0.1) is 25.4 Å². The fourth-order valence-corrected chi connectivity index (χ4v) is 1.46. The van der Waals surface area contributed by atoms with Crippen LogP contribution in [-0.4, -0.2) is 18.8 Å². The van der Waals surface area contributed by atoms with Gasteiger partial charge < -0.3 is 9.47 Å². The van der Waals surface area contributed by atoms with Gasteiger partial charge in [0.25, 0.3) is 0 Å². The van der Waals surface area contributed by atoms with Crippen molar-refractivity contribution in [3.05, 3.63) is 35.9 Å². The Morgan fingerprint density at radius 3 is 2.79 bits per heavy atom. The zero-order chi connectivity index (χ0) is 9.80. The van der Waals surface area contributed by atoms with Crippen LogP contribution in [0, 0.1) is 0 Å². The molecule has 14 heavy (non-hydrogen) atoms. The van der Waals surface area contributed by atoms with Crippen LogP contribution in [0.4, 0.5) is 0 Å². The SMILES string of the molecule is C[C@@H](C[C@@H]1CO1)OCc1ccccc1. The van der Waals surface area contributed by atoms with E-state index in [0.29, 0.717) is 18.8 Å². The Hall–Kier alpha value is -0.860. The minimum Gasteiger partial charge on any atom is -0.374 e. The number of hydrogen-bond acceptors (Lipinski definition) is 2. The average molecular weight is 192 g/mol. The van der Waals surface area contributed by atoms with Gasteiger partial charge in [0, 0.05) is 6.42 Å². The Balaban J connectivity index is 1.70. The first-order valence-electron chi connectivity index (χ1n) is 5.12. The summed E-state index contributed by atoms with van der Waals surface area (Å²) < 4.78 is 10.9. The molecule has 0 radical (unpaired) electrons. The largest absolute Gasteiger partial charge is 0.374 e. The number of benzene rings is 1. The lowest BCUT2D eigenvalue weighted by Crippen LogP contribution is -2.10. The summed E-state index contributed by atoms with van der Waals surface area (Å²) in [6.07, 6.45) is 1.77. The van der Waals surface area contributed by atoms with Crippen LogP contribution >= 0.6 is 0 Å². The van der Waals surface area contributed by atoms with Crippen LogP contribution in [0.1, 0.15) is 18.9 Å². The summed E-state index contributed by atoms with van der Waals surface area (Å²) in [4.78, 5) is 0. The first-order valence-corrected chi connectivity index (χ1v) is 5.12. The number of ether oxygens (including phenoxy) is 2. The second-order valence-corrected chi connectivity index (χ2v) is 3.80. The Morgan fingerprint density at radius 1 is 1.43 bits per heavy atom. The first kappa shape index (κ1) is 9.69. The normalized spacial score (nSPS) is 21.9. The minimum absolute atomic E-state index is 0.294. The molecule has 1 aromatic rings. The van der Waals surface area contributed by atoms with Gasteiger partial charge in [-0.15, -0.1) is 0 Å². The van der Waals surface area contributed by atoms with Crippen LogP contribution in [0.5, 0.6) is 0 Å². The topological polar surface area (TPSA) is 21.8 Å². The Kier molecular flexibility index (Phi) is 3.17. The van der Waals surface area contributed by atoms with Crippen molar-refractivity contribution in [1.29, 1.82) is 0 Å². The lowest BCUT2D eigenvalue weighted by molar-refractivity contribution is 0.0426. The third-order valence-electron chi connectivity index (χ3n) is 2.37. The van der Waals surface area contributed by atoms with Gasteiger partial charge in [-0.3, -0.25) is 0 Å². The molecule has 1 aliphatic rings. The van der Waals surface area contributed by atoms with E-state index in [1.165, 1.54) is 5.56 Å². The van der Waals surface area contributed by atoms with E-state index in [1.807, 2.05) is 18.2 Å². The summed E-state index contributed by atoms with van der Waals surface area (Å²) in [7, 11) is 0. The first-order chi connectivity index (χ1) is 6.84. The zero-order valence-electron chi connectivity index (χ0n) is 8.48. The molecule has 2 rings (SSSR count). The summed E-state index contributed by atoms with van der Waals surface area (Å²) in [5.41, 5.74) is 1.23. The molecule has 1 fully saturated rings. The Bertz CT molecular complexity index is 267. The molecule has 76 valence electrons. The van der Waals surface area contributed by atoms with Crippen molar-refractivity contribution in [2.75, 3.05) is 6.61 Å². The van der Waals surface area contributed by atoms with E-state index >= 15 is 0 Å². The predicted octanol–water partition coefficient (Wildman–Crippen LogP) is 2.38. The molecule has 0 unspecified atom stereocenters. The maximum absolute atomic E-state index is 5.70. The molecule has 1 heterocycles. The summed E-state index contributed by atoms with van der Waals surface area (Å²) in [6, 6.07) is 10.3. The van der Waals surface area contributed by atoms with E-state index < -0.39 is 0 Å². The van der Waals surface area contributed by atoms with Crippen molar-refractivity contribution in [2.45, 2.75) is 32.2 Å². The van der Waals surface area contributed by atoms with Crippen molar-refractivity contribution in [2.24, 2.45) is 0 Å². The molecule has 0 bridgehead atoms. The van der Waals surface area contributed by atoms with Crippen LogP contribution in [0.3, 0.4) is 0 Å². The third-order valence-corrected chi connectivity index (χ3v) is 2.37. The Labute approximate surface area is 84.8 Å². The lowest BCUT2D eigenvalue weighted by atomic mass is 10.2. The van der Waals surface area contributed by atoms with Gasteiger partial charge in [-0.05, 0) is 12.5 Å².